The van der Waals surface area contributed by atoms with Crippen LogP contribution in [0.25, 0.3) is 0 Å². The van der Waals surface area contributed by atoms with E-state index in [0.717, 1.165) is 32.4 Å². The Labute approximate surface area is 128 Å². The van der Waals surface area contributed by atoms with E-state index >= 15 is 0 Å². The third-order valence-electron chi connectivity index (χ3n) is 4.79. The lowest BCUT2D eigenvalue weighted by Crippen LogP contribution is -2.47. The molecule has 2 aliphatic heterocycles. The van der Waals surface area contributed by atoms with E-state index in [9.17, 15) is 9.90 Å². The van der Waals surface area contributed by atoms with Crippen LogP contribution in [0, 0.1) is 17.3 Å². The zero-order valence-corrected chi connectivity index (χ0v) is 14.0. The van der Waals surface area contributed by atoms with E-state index in [1.165, 1.54) is 0 Å². The van der Waals surface area contributed by atoms with E-state index in [2.05, 4.69) is 27.7 Å². The Balaban J connectivity index is 2.10. The number of carbonyl (C=O) groups is 1. The molecule has 21 heavy (non-hydrogen) atoms. The Morgan fingerprint density at radius 3 is 2.71 bits per heavy atom. The molecule has 4 nitrogen and oxygen atoms in total. The maximum absolute atomic E-state index is 13.0. The van der Waals surface area contributed by atoms with Crippen LogP contribution in [-0.4, -0.2) is 47.8 Å². The average molecular weight is 297 g/mol. The highest BCUT2D eigenvalue weighted by atomic mass is 16.5. The van der Waals surface area contributed by atoms with Crippen molar-refractivity contribution in [2.45, 2.75) is 65.6 Å². The van der Waals surface area contributed by atoms with E-state index in [1.807, 2.05) is 4.90 Å². The highest BCUT2D eigenvalue weighted by Gasteiger charge is 2.39. The molecule has 122 valence electrons. The second-order valence-electron chi connectivity index (χ2n) is 7.90. The number of rotatable bonds is 2. The largest absolute Gasteiger partial charge is 0.393 e. The summed E-state index contributed by atoms with van der Waals surface area (Å²) in [5.41, 5.74) is -0.0194. The van der Waals surface area contributed by atoms with E-state index in [4.69, 9.17) is 4.74 Å². The minimum Gasteiger partial charge on any atom is -0.393 e. The summed E-state index contributed by atoms with van der Waals surface area (Å²) in [5, 5.41) is 10.0. The predicted molar refractivity (Wildman–Crippen MR) is 82.9 cm³/mol. The first kappa shape index (κ1) is 16.8. The summed E-state index contributed by atoms with van der Waals surface area (Å²) < 4.78 is 5.87. The molecule has 0 radical (unpaired) electrons. The molecule has 1 unspecified atom stereocenters. The number of hydrogen-bond donors (Lipinski definition) is 1. The first-order chi connectivity index (χ1) is 9.80. The molecule has 2 saturated heterocycles. The monoisotopic (exact) mass is 297 g/mol. The number of aliphatic hydroxyl groups excluding tert-OH is 1. The van der Waals surface area contributed by atoms with Gasteiger partial charge >= 0.3 is 0 Å². The van der Waals surface area contributed by atoms with E-state index < -0.39 is 0 Å². The lowest BCUT2D eigenvalue weighted by molar-refractivity contribution is -0.148. The summed E-state index contributed by atoms with van der Waals surface area (Å²) in [6.45, 7) is 10.7. The lowest BCUT2D eigenvalue weighted by atomic mass is 9.84. The minimum atomic E-state index is -0.290. The van der Waals surface area contributed by atoms with Gasteiger partial charge in [-0.25, -0.2) is 0 Å². The summed E-state index contributed by atoms with van der Waals surface area (Å²) in [4.78, 5) is 15.0. The van der Waals surface area contributed by atoms with Gasteiger partial charge in [0.15, 0.2) is 0 Å². The number of amides is 1. The molecule has 0 saturated carbocycles. The van der Waals surface area contributed by atoms with Crippen LogP contribution in [0.1, 0.15) is 53.4 Å². The third kappa shape index (κ3) is 4.19. The molecule has 2 rings (SSSR count). The summed E-state index contributed by atoms with van der Waals surface area (Å²) in [6, 6.07) is 0. The summed E-state index contributed by atoms with van der Waals surface area (Å²) in [6.07, 6.45) is 3.12. The van der Waals surface area contributed by atoms with Gasteiger partial charge in [-0.15, -0.1) is 0 Å². The van der Waals surface area contributed by atoms with Crippen molar-refractivity contribution >= 4 is 5.91 Å². The maximum atomic E-state index is 13.0. The Kier molecular flexibility index (Phi) is 5.31. The van der Waals surface area contributed by atoms with Crippen molar-refractivity contribution in [2.75, 3.05) is 19.7 Å². The molecule has 0 aromatic carbocycles. The van der Waals surface area contributed by atoms with Gasteiger partial charge in [0.1, 0.15) is 0 Å². The van der Waals surface area contributed by atoms with E-state index in [-0.39, 0.29) is 29.4 Å². The molecule has 4 heteroatoms. The Bertz CT molecular complexity index is 367. The zero-order chi connectivity index (χ0) is 15.6. The van der Waals surface area contributed by atoms with Crippen molar-refractivity contribution in [3.8, 4) is 0 Å². The number of carbonyl (C=O) groups excluding carboxylic acids is 1. The van der Waals surface area contributed by atoms with Crippen LogP contribution in [0.5, 0.6) is 0 Å². The van der Waals surface area contributed by atoms with Crippen molar-refractivity contribution in [2.24, 2.45) is 17.3 Å². The number of nitrogens with zero attached hydrogens (tertiary/aromatic N) is 1. The van der Waals surface area contributed by atoms with Gasteiger partial charge in [-0.2, -0.15) is 0 Å². The van der Waals surface area contributed by atoms with Gasteiger partial charge in [-0.3, -0.25) is 4.79 Å². The molecule has 2 fully saturated rings. The highest BCUT2D eigenvalue weighted by molar-refractivity contribution is 5.79. The lowest BCUT2D eigenvalue weighted by Gasteiger charge is -2.38. The van der Waals surface area contributed by atoms with Gasteiger partial charge in [-0.05, 0) is 37.0 Å². The Hall–Kier alpha value is -0.610. The molecule has 2 heterocycles. The third-order valence-corrected chi connectivity index (χ3v) is 4.79. The summed E-state index contributed by atoms with van der Waals surface area (Å²) >= 11 is 0. The Morgan fingerprint density at radius 2 is 2.05 bits per heavy atom. The molecule has 0 aromatic heterocycles. The van der Waals surface area contributed by atoms with Gasteiger partial charge < -0.3 is 14.7 Å². The number of likely N-dealkylation sites (tertiary alicyclic amines) is 1. The van der Waals surface area contributed by atoms with Crippen LogP contribution in [0.3, 0.4) is 0 Å². The standard InChI is InChI=1S/C17H31NO3/c1-12(2)15-14(6-5-9-21-15)16(20)18-8-7-13(19)10-17(3,4)11-18/h12-15,19H,5-11H2,1-4H3/t13?,14-,15-/m0/s1. The highest BCUT2D eigenvalue weighted by Crippen LogP contribution is 2.32. The number of hydrogen-bond acceptors (Lipinski definition) is 3. The van der Waals surface area contributed by atoms with Crippen LogP contribution in [0.15, 0.2) is 0 Å². The van der Waals surface area contributed by atoms with Crippen LogP contribution >= 0.6 is 0 Å². The first-order valence-electron chi connectivity index (χ1n) is 8.38. The van der Waals surface area contributed by atoms with E-state index in [0.29, 0.717) is 18.9 Å². The summed E-state index contributed by atoms with van der Waals surface area (Å²) in [5.74, 6) is 0.588. The quantitative estimate of drug-likeness (QED) is 0.852. The van der Waals surface area contributed by atoms with Crippen molar-refractivity contribution in [1.29, 1.82) is 0 Å². The fourth-order valence-electron chi connectivity index (χ4n) is 3.85. The van der Waals surface area contributed by atoms with Crippen LogP contribution < -0.4 is 0 Å². The molecule has 2 aliphatic rings. The molecular formula is C17H31NO3. The number of ether oxygens (including phenoxy) is 1. The SMILES string of the molecule is CC(C)[C@@H]1OCCC[C@@H]1C(=O)N1CCC(O)CC(C)(C)C1. The molecule has 0 aliphatic carbocycles. The molecule has 0 aromatic rings. The fourth-order valence-corrected chi connectivity index (χ4v) is 3.85. The molecule has 1 N–H and O–H groups in total. The van der Waals surface area contributed by atoms with Crippen LogP contribution in [-0.2, 0) is 9.53 Å². The van der Waals surface area contributed by atoms with Crippen LogP contribution in [0.2, 0.25) is 0 Å². The normalized spacial score (nSPS) is 33.8. The second-order valence-corrected chi connectivity index (χ2v) is 7.90. The first-order valence-corrected chi connectivity index (χ1v) is 8.38. The van der Waals surface area contributed by atoms with Crippen molar-refractivity contribution < 1.29 is 14.6 Å². The zero-order valence-electron chi connectivity index (χ0n) is 14.0. The minimum absolute atomic E-state index is 0.00945. The average Bonchev–Trinajstić information content (AvgIpc) is 2.55. The van der Waals surface area contributed by atoms with Gasteiger partial charge in [0, 0.05) is 19.7 Å². The van der Waals surface area contributed by atoms with Crippen molar-refractivity contribution in [3.63, 3.8) is 0 Å². The molecule has 3 atom stereocenters. The molecule has 0 bridgehead atoms. The Morgan fingerprint density at radius 1 is 1.33 bits per heavy atom. The van der Waals surface area contributed by atoms with Crippen LogP contribution in [0.4, 0.5) is 0 Å². The van der Waals surface area contributed by atoms with Gasteiger partial charge in [-0.1, -0.05) is 27.7 Å². The summed E-state index contributed by atoms with van der Waals surface area (Å²) in [7, 11) is 0. The maximum Gasteiger partial charge on any atom is 0.228 e. The molecule has 1 amide bonds. The predicted octanol–water partition coefficient (Wildman–Crippen LogP) is 2.45. The topological polar surface area (TPSA) is 49.8 Å². The van der Waals surface area contributed by atoms with Gasteiger partial charge in [0.2, 0.25) is 5.91 Å². The smallest absolute Gasteiger partial charge is 0.228 e. The fraction of sp³-hybridized carbons (Fsp3) is 0.941. The number of aliphatic hydroxyl groups is 1. The van der Waals surface area contributed by atoms with Crippen molar-refractivity contribution in [3.05, 3.63) is 0 Å². The van der Waals surface area contributed by atoms with Gasteiger partial charge in [0.05, 0.1) is 18.1 Å². The van der Waals surface area contributed by atoms with E-state index in [1.54, 1.807) is 0 Å². The van der Waals surface area contributed by atoms with Gasteiger partial charge in [0.25, 0.3) is 0 Å². The van der Waals surface area contributed by atoms with Crippen molar-refractivity contribution in [1.82, 2.24) is 4.90 Å². The second kappa shape index (κ2) is 6.66. The molecule has 0 spiro atoms. The molecular weight excluding hydrogens is 266 g/mol.